The molecule has 0 aromatic heterocycles. The number of benzene rings is 1. The fraction of sp³-hybridized carbons (Fsp3) is 0.417. The fourth-order valence-electron chi connectivity index (χ4n) is 1.61. The van der Waals surface area contributed by atoms with E-state index in [0.717, 1.165) is 18.0 Å². The van der Waals surface area contributed by atoms with Crippen LogP contribution in [0, 0.1) is 0 Å². The van der Waals surface area contributed by atoms with Crippen LogP contribution >= 0.6 is 11.8 Å². The summed E-state index contributed by atoms with van der Waals surface area (Å²) in [6, 6.07) is 8.14. The highest BCUT2D eigenvalue weighted by Gasteiger charge is 2.21. The number of carbonyl (C=O) groups is 1. The number of ether oxygens (including phenoxy) is 1. The Bertz CT molecular complexity index is 381. The minimum atomic E-state index is -0.140. The number of anilines is 1. The number of hydrogen-bond acceptors (Lipinski definition) is 4. The molecule has 0 aliphatic carbocycles. The van der Waals surface area contributed by atoms with E-state index in [4.69, 9.17) is 4.74 Å². The van der Waals surface area contributed by atoms with Crippen LogP contribution in [0.15, 0.2) is 29.2 Å². The molecule has 86 valence electrons. The maximum Gasteiger partial charge on any atom is 0.325 e. The monoisotopic (exact) mass is 237 g/mol. The molecular formula is C12H15NO2S. The third-order valence-corrected chi connectivity index (χ3v) is 3.47. The van der Waals surface area contributed by atoms with Crippen molar-refractivity contribution in [1.29, 1.82) is 0 Å². The molecule has 1 aromatic carbocycles. The SMILES string of the molecule is CCCOC(=O)CN1CSc2ccccc21. The quantitative estimate of drug-likeness (QED) is 0.753. The predicted molar refractivity (Wildman–Crippen MR) is 65.8 cm³/mol. The molecule has 0 spiro atoms. The first kappa shape index (κ1) is 11.3. The van der Waals surface area contributed by atoms with Crippen molar-refractivity contribution >= 4 is 23.4 Å². The summed E-state index contributed by atoms with van der Waals surface area (Å²) in [6.45, 7) is 2.86. The molecule has 0 bridgehead atoms. The van der Waals surface area contributed by atoms with Gasteiger partial charge in [0.2, 0.25) is 0 Å². The lowest BCUT2D eigenvalue weighted by atomic mass is 10.3. The molecule has 1 heterocycles. The number of thioether (sulfide) groups is 1. The summed E-state index contributed by atoms with van der Waals surface area (Å²) in [7, 11) is 0. The lowest BCUT2D eigenvalue weighted by Crippen LogP contribution is -2.28. The van der Waals surface area contributed by atoms with Crippen molar-refractivity contribution in [3.05, 3.63) is 24.3 Å². The van der Waals surface area contributed by atoms with Gasteiger partial charge in [0.25, 0.3) is 0 Å². The van der Waals surface area contributed by atoms with Crippen LogP contribution in [-0.4, -0.2) is 25.0 Å². The highest BCUT2D eigenvalue weighted by Crippen LogP contribution is 2.37. The van der Waals surface area contributed by atoms with Crippen molar-refractivity contribution in [1.82, 2.24) is 0 Å². The van der Waals surface area contributed by atoms with Gasteiger partial charge in [0.05, 0.1) is 18.2 Å². The van der Waals surface area contributed by atoms with Crippen LogP contribution in [0.25, 0.3) is 0 Å². The second kappa shape index (κ2) is 5.25. The third kappa shape index (κ3) is 2.50. The van der Waals surface area contributed by atoms with Gasteiger partial charge < -0.3 is 9.64 Å². The van der Waals surface area contributed by atoms with Crippen molar-refractivity contribution in [3.8, 4) is 0 Å². The summed E-state index contributed by atoms with van der Waals surface area (Å²) in [4.78, 5) is 14.8. The minimum absolute atomic E-state index is 0.140. The van der Waals surface area contributed by atoms with E-state index in [1.54, 1.807) is 11.8 Å². The molecule has 0 saturated carbocycles. The number of rotatable bonds is 4. The van der Waals surface area contributed by atoms with Crippen molar-refractivity contribution in [2.45, 2.75) is 18.2 Å². The molecule has 0 atom stereocenters. The van der Waals surface area contributed by atoms with Gasteiger partial charge in [-0.1, -0.05) is 19.1 Å². The molecule has 0 radical (unpaired) electrons. The van der Waals surface area contributed by atoms with Crippen LogP contribution in [0.2, 0.25) is 0 Å². The van der Waals surface area contributed by atoms with Crippen LogP contribution in [0.4, 0.5) is 5.69 Å². The number of esters is 1. The number of hydrogen-bond donors (Lipinski definition) is 0. The molecule has 2 rings (SSSR count). The molecule has 0 saturated heterocycles. The van der Waals surface area contributed by atoms with Gasteiger partial charge in [-0.05, 0) is 18.6 Å². The summed E-state index contributed by atoms with van der Waals surface area (Å²) >= 11 is 1.76. The zero-order valence-corrected chi connectivity index (χ0v) is 10.1. The van der Waals surface area contributed by atoms with E-state index in [0.29, 0.717) is 13.2 Å². The Kier molecular flexibility index (Phi) is 3.72. The second-order valence-electron chi connectivity index (χ2n) is 3.66. The van der Waals surface area contributed by atoms with Gasteiger partial charge in [-0.25, -0.2) is 0 Å². The molecule has 1 aliphatic rings. The van der Waals surface area contributed by atoms with Gasteiger partial charge in [0.15, 0.2) is 0 Å². The van der Waals surface area contributed by atoms with Gasteiger partial charge in [0, 0.05) is 4.90 Å². The first-order chi connectivity index (χ1) is 7.81. The van der Waals surface area contributed by atoms with Gasteiger partial charge in [0.1, 0.15) is 6.54 Å². The third-order valence-electron chi connectivity index (χ3n) is 2.37. The molecule has 0 amide bonds. The molecule has 0 unspecified atom stereocenters. The maximum absolute atomic E-state index is 11.5. The summed E-state index contributed by atoms with van der Waals surface area (Å²) < 4.78 is 5.08. The van der Waals surface area contributed by atoms with E-state index in [9.17, 15) is 4.79 Å². The summed E-state index contributed by atoms with van der Waals surface area (Å²) in [5, 5.41) is 0. The Balaban J connectivity index is 1.95. The molecule has 16 heavy (non-hydrogen) atoms. The van der Waals surface area contributed by atoms with E-state index in [1.165, 1.54) is 4.90 Å². The van der Waals surface area contributed by atoms with Gasteiger partial charge in [-0.15, -0.1) is 11.8 Å². The normalized spacial score (nSPS) is 13.7. The summed E-state index contributed by atoms with van der Waals surface area (Å²) in [5.74, 6) is 0.694. The topological polar surface area (TPSA) is 29.5 Å². The van der Waals surface area contributed by atoms with Crippen LogP contribution in [0.1, 0.15) is 13.3 Å². The van der Waals surface area contributed by atoms with Crippen molar-refractivity contribution in [3.63, 3.8) is 0 Å². The lowest BCUT2D eigenvalue weighted by molar-refractivity contribution is -0.141. The molecule has 4 heteroatoms. The van der Waals surface area contributed by atoms with Crippen LogP contribution in [0.5, 0.6) is 0 Å². The maximum atomic E-state index is 11.5. The Hall–Kier alpha value is -1.16. The zero-order chi connectivity index (χ0) is 11.4. The van der Waals surface area contributed by atoms with Gasteiger partial charge in [-0.3, -0.25) is 4.79 Å². The van der Waals surface area contributed by atoms with Crippen LogP contribution < -0.4 is 4.90 Å². The Morgan fingerprint density at radius 3 is 3.12 bits per heavy atom. The van der Waals surface area contributed by atoms with E-state index >= 15 is 0 Å². The van der Waals surface area contributed by atoms with Crippen LogP contribution in [-0.2, 0) is 9.53 Å². The number of carbonyl (C=O) groups excluding carboxylic acids is 1. The highest BCUT2D eigenvalue weighted by molar-refractivity contribution is 7.99. The highest BCUT2D eigenvalue weighted by atomic mass is 32.2. The van der Waals surface area contributed by atoms with Crippen molar-refractivity contribution in [2.75, 3.05) is 23.9 Å². The molecular weight excluding hydrogens is 222 g/mol. The Morgan fingerprint density at radius 1 is 1.50 bits per heavy atom. The lowest BCUT2D eigenvalue weighted by Gasteiger charge is -2.16. The average Bonchev–Trinajstić information content (AvgIpc) is 2.70. The molecule has 1 aromatic rings. The summed E-state index contributed by atoms with van der Waals surface area (Å²) in [6.07, 6.45) is 0.872. The van der Waals surface area contributed by atoms with Crippen LogP contribution in [0.3, 0.4) is 0 Å². The zero-order valence-electron chi connectivity index (χ0n) is 9.31. The van der Waals surface area contributed by atoms with E-state index in [2.05, 4.69) is 11.0 Å². The predicted octanol–water partition coefficient (Wildman–Crippen LogP) is 2.51. The smallest absolute Gasteiger partial charge is 0.325 e. The number of fused-ring (bicyclic) bond motifs is 1. The molecule has 0 fully saturated rings. The molecule has 3 nitrogen and oxygen atoms in total. The number of para-hydroxylation sites is 1. The minimum Gasteiger partial charge on any atom is -0.464 e. The Labute approximate surface area is 99.8 Å². The Morgan fingerprint density at radius 2 is 2.31 bits per heavy atom. The van der Waals surface area contributed by atoms with E-state index < -0.39 is 0 Å². The first-order valence-electron chi connectivity index (χ1n) is 5.43. The van der Waals surface area contributed by atoms with E-state index in [1.807, 2.05) is 25.1 Å². The summed E-state index contributed by atoms with van der Waals surface area (Å²) in [5.41, 5.74) is 1.14. The first-order valence-corrected chi connectivity index (χ1v) is 6.42. The average molecular weight is 237 g/mol. The molecule has 1 aliphatic heterocycles. The van der Waals surface area contributed by atoms with Crippen molar-refractivity contribution < 1.29 is 9.53 Å². The number of nitrogens with zero attached hydrogens (tertiary/aromatic N) is 1. The largest absolute Gasteiger partial charge is 0.464 e. The van der Waals surface area contributed by atoms with Crippen molar-refractivity contribution in [2.24, 2.45) is 0 Å². The van der Waals surface area contributed by atoms with Gasteiger partial charge in [-0.2, -0.15) is 0 Å². The van der Waals surface area contributed by atoms with Gasteiger partial charge >= 0.3 is 5.97 Å². The fourth-order valence-corrected chi connectivity index (χ4v) is 2.65. The van der Waals surface area contributed by atoms with E-state index in [-0.39, 0.29) is 5.97 Å². The molecule has 0 N–H and O–H groups in total. The standard InChI is InChI=1S/C12H15NO2S/c1-2-7-15-12(14)8-13-9-16-11-6-4-3-5-10(11)13/h3-6H,2,7-9H2,1H3. The second-order valence-corrected chi connectivity index (χ2v) is 4.65.